The first-order valence-corrected chi connectivity index (χ1v) is 7.82. The number of hydrogen-bond donors (Lipinski definition) is 2. The Kier molecular flexibility index (Phi) is 3.87. The number of benzene rings is 1. The topological polar surface area (TPSA) is 61.6 Å². The number of carbonyl (C=O) groups excluding carboxylic acids is 1. The third kappa shape index (κ3) is 3.25. The van der Waals surface area contributed by atoms with Gasteiger partial charge in [-0.25, -0.2) is 4.79 Å². The van der Waals surface area contributed by atoms with E-state index >= 15 is 0 Å². The molecular formula is C17H24N2O3. The molecule has 1 unspecified atom stereocenters. The highest BCUT2D eigenvalue weighted by Gasteiger charge is 2.61. The summed E-state index contributed by atoms with van der Waals surface area (Å²) in [5.74, 6) is 0. The molecule has 22 heavy (non-hydrogen) atoms. The van der Waals surface area contributed by atoms with Crippen LogP contribution in [0, 0.1) is 0 Å². The standard InChI is InChI=1S/C17H24N2O3/c1-17(2,3)22-16(21)18-12-9-13(20)15-14(12)19(15)10-11-7-5-4-6-8-11/h4-8,12-15,20H,9-10H2,1-3H3,(H,18,21)/t12-,13+,14+,15-,19?/m1/s1. The molecule has 0 radical (unpaired) electrons. The molecule has 1 aromatic carbocycles. The van der Waals surface area contributed by atoms with Gasteiger partial charge in [-0.1, -0.05) is 30.3 Å². The van der Waals surface area contributed by atoms with E-state index in [9.17, 15) is 9.90 Å². The molecule has 0 spiro atoms. The van der Waals surface area contributed by atoms with E-state index in [4.69, 9.17) is 4.74 Å². The Balaban J connectivity index is 1.58. The number of likely N-dealkylation sites (tertiary alicyclic amines) is 1. The second-order valence-electron chi connectivity index (χ2n) is 7.19. The number of carbonyl (C=O) groups is 1. The number of aliphatic hydroxyl groups excluding tert-OH is 1. The summed E-state index contributed by atoms with van der Waals surface area (Å²) in [6, 6.07) is 10.5. The van der Waals surface area contributed by atoms with Gasteiger partial charge in [0.2, 0.25) is 0 Å². The van der Waals surface area contributed by atoms with Gasteiger partial charge in [-0.05, 0) is 32.8 Å². The van der Waals surface area contributed by atoms with E-state index in [1.165, 1.54) is 5.56 Å². The predicted molar refractivity (Wildman–Crippen MR) is 83.3 cm³/mol. The molecular weight excluding hydrogens is 280 g/mol. The summed E-state index contributed by atoms with van der Waals surface area (Å²) < 4.78 is 5.31. The summed E-state index contributed by atoms with van der Waals surface area (Å²) in [5, 5.41) is 13.1. The number of ether oxygens (including phenoxy) is 1. The maximum atomic E-state index is 11.9. The Bertz CT molecular complexity index is 541. The maximum absolute atomic E-state index is 11.9. The summed E-state index contributed by atoms with van der Waals surface area (Å²) in [5.41, 5.74) is 0.716. The SMILES string of the molecule is CC(C)(C)OC(=O)N[C@@H]1C[C@H](O)[C@@H]2[C@H]1N2Cc1ccccc1. The molecule has 1 aliphatic heterocycles. The minimum absolute atomic E-state index is 0.0430. The molecule has 5 atom stereocenters. The summed E-state index contributed by atoms with van der Waals surface area (Å²) in [4.78, 5) is 14.2. The van der Waals surface area contributed by atoms with Gasteiger partial charge in [0.25, 0.3) is 0 Å². The minimum Gasteiger partial charge on any atom is -0.444 e. The number of hydrogen-bond acceptors (Lipinski definition) is 4. The monoisotopic (exact) mass is 304 g/mol. The van der Waals surface area contributed by atoms with E-state index in [-0.39, 0.29) is 24.2 Å². The lowest BCUT2D eigenvalue weighted by Crippen LogP contribution is -2.42. The molecule has 0 bridgehead atoms. The third-order valence-electron chi connectivity index (χ3n) is 4.24. The number of piperidine rings is 1. The van der Waals surface area contributed by atoms with Crippen LogP contribution in [0.15, 0.2) is 30.3 Å². The summed E-state index contributed by atoms with van der Waals surface area (Å²) in [6.07, 6.45) is -0.189. The van der Waals surface area contributed by atoms with E-state index in [2.05, 4.69) is 22.3 Å². The molecule has 1 saturated heterocycles. The number of alkyl carbamates (subject to hydrolysis) is 1. The molecule has 1 aliphatic carbocycles. The molecule has 0 aromatic heterocycles. The van der Waals surface area contributed by atoms with Crippen LogP contribution in [0.25, 0.3) is 0 Å². The van der Waals surface area contributed by atoms with Crippen molar-refractivity contribution < 1.29 is 14.6 Å². The van der Waals surface area contributed by atoms with Crippen LogP contribution in [0.4, 0.5) is 4.79 Å². The first-order chi connectivity index (χ1) is 10.3. The summed E-state index contributed by atoms with van der Waals surface area (Å²) in [7, 11) is 0. The van der Waals surface area contributed by atoms with E-state index in [0.717, 1.165) is 6.54 Å². The molecule has 2 aliphatic rings. The first-order valence-electron chi connectivity index (χ1n) is 7.82. The fraction of sp³-hybridized carbons (Fsp3) is 0.588. The van der Waals surface area contributed by atoms with Gasteiger partial charge in [0, 0.05) is 12.6 Å². The Labute approximate surface area is 131 Å². The number of fused-ring (bicyclic) bond motifs is 1. The highest BCUT2D eigenvalue weighted by molar-refractivity contribution is 5.68. The van der Waals surface area contributed by atoms with E-state index in [1.54, 1.807) is 0 Å². The lowest BCUT2D eigenvalue weighted by atomic mass is 10.2. The van der Waals surface area contributed by atoms with Crippen LogP contribution in [-0.2, 0) is 11.3 Å². The quantitative estimate of drug-likeness (QED) is 0.837. The average Bonchev–Trinajstić information content (AvgIpc) is 3.01. The Hall–Kier alpha value is -1.59. The van der Waals surface area contributed by atoms with Gasteiger partial charge in [0.05, 0.1) is 18.2 Å². The van der Waals surface area contributed by atoms with Crippen LogP contribution < -0.4 is 5.32 Å². The van der Waals surface area contributed by atoms with Gasteiger partial charge in [-0.15, -0.1) is 0 Å². The van der Waals surface area contributed by atoms with Crippen LogP contribution in [0.3, 0.4) is 0 Å². The molecule has 2 N–H and O–H groups in total. The normalized spacial score (nSPS) is 33.2. The molecule has 5 heteroatoms. The van der Waals surface area contributed by atoms with Crippen molar-refractivity contribution in [3.05, 3.63) is 35.9 Å². The second-order valence-corrected chi connectivity index (χ2v) is 7.19. The van der Waals surface area contributed by atoms with Crippen LogP contribution in [-0.4, -0.2) is 45.9 Å². The van der Waals surface area contributed by atoms with Gasteiger partial charge in [0.15, 0.2) is 0 Å². The highest BCUT2D eigenvalue weighted by atomic mass is 16.6. The molecule has 1 saturated carbocycles. The average molecular weight is 304 g/mol. The summed E-state index contributed by atoms with van der Waals surface area (Å²) >= 11 is 0. The van der Waals surface area contributed by atoms with Crippen LogP contribution in [0.1, 0.15) is 32.8 Å². The second kappa shape index (κ2) is 5.56. The largest absolute Gasteiger partial charge is 0.444 e. The van der Waals surface area contributed by atoms with Crippen molar-refractivity contribution in [2.45, 2.75) is 63.6 Å². The van der Waals surface area contributed by atoms with E-state index in [1.807, 2.05) is 39.0 Å². The number of rotatable bonds is 3. The number of nitrogens with one attached hydrogen (secondary N) is 1. The van der Waals surface area contributed by atoms with Crippen molar-refractivity contribution >= 4 is 6.09 Å². The van der Waals surface area contributed by atoms with Crippen molar-refractivity contribution in [3.8, 4) is 0 Å². The van der Waals surface area contributed by atoms with Gasteiger partial charge < -0.3 is 15.2 Å². The first kappa shape index (κ1) is 15.3. The van der Waals surface area contributed by atoms with Crippen LogP contribution in [0.5, 0.6) is 0 Å². The zero-order valence-electron chi connectivity index (χ0n) is 13.3. The number of amides is 1. The fourth-order valence-electron chi connectivity index (χ4n) is 3.38. The Morgan fingerprint density at radius 3 is 2.64 bits per heavy atom. The zero-order chi connectivity index (χ0) is 15.9. The van der Waals surface area contributed by atoms with E-state index in [0.29, 0.717) is 6.42 Å². The molecule has 3 rings (SSSR count). The lowest BCUT2D eigenvalue weighted by molar-refractivity contribution is 0.0484. The van der Waals surface area contributed by atoms with E-state index < -0.39 is 11.7 Å². The van der Waals surface area contributed by atoms with Crippen molar-refractivity contribution in [1.82, 2.24) is 10.2 Å². The number of aliphatic hydroxyl groups is 1. The predicted octanol–water partition coefficient (Wildman–Crippen LogP) is 1.90. The summed E-state index contributed by atoms with van der Waals surface area (Å²) in [6.45, 7) is 6.34. The third-order valence-corrected chi connectivity index (χ3v) is 4.24. The van der Waals surface area contributed by atoms with Crippen molar-refractivity contribution in [3.63, 3.8) is 0 Å². The molecule has 1 amide bonds. The van der Waals surface area contributed by atoms with Crippen molar-refractivity contribution in [2.24, 2.45) is 0 Å². The maximum Gasteiger partial charge on any atom is 0.407 e. The lowest BCUT2D eigenvalue weighted by Gasteiger charge is -2.23. The van der Waals surface area contributed by atoms with Crippen molar-refractivity contribution in [1.29, 1.82) is 0 Å². The zero-order valence-corrected chi connectivity index (χ0v) is 13.3. The van der Waals surface area contributed by atoms with Gasteiger partial charge in [-0.3, -0.25) is 4.90 Å². The van der Waals surface area contributed by atoms with Gasteiger partial charge in [-0.2, -0.15) is 0 Å². The molecule has 1 heterocycles. The van der Waals surface area contributed by atoms with Gasteiger partial charge >= 0.3 is 6.09 Å². The van der Waals surface area contributed by atoms with Crippen LogP contribution >= 0.6 is 0 Å². The molecule has 1 aromatic rings. The smallest absolute Gasteiger partial charge is 0.407 e. The molecule has 5 nitrogen and oxygen atoms in total. The van der Waals surface area contributed by atoms with Crippen LogP contribution in [0.2, 0.25) is 0 Å². The fourth-order valence-corrected chi connectivity index (χ4v) is 3.38. The Morgan fingerprint density at radius 2 is 2.00 bits per heavy atom. The Morgan fingerprint density at radius 1 is 1.32 bits per heavy atom. The minimum atomic E-state index is -0.506. The molecule has 120 valence electrons. The molecule has 2 fully saturated rings. The number of nitrogens with zero attached hydrogens (tertiary/aromatic N) is 1. The highest BCUT2D eigenvalue weighted by Crippen LogP contribution is 2.43. The van der Waals surface area contributed by atoms with Gasteiger partial charge in [0.1, 0.15) is 5.60 Å². The van der Waals surface area contributed by atoms with Crippen molar-refractivity contribution in [2.75, 3.05) is 0 Å².